The standard InChI is InChI=1S/C4H4O.C4H4S.4C3H8.2CH4/c2*1-2-4-5-3-1;4*1-3-2;;/h2*1-4H;4*3H2,1-2H3;2*1H4. The van der Waals surface area contributed by atoms with Crippen LogP contribution in [0.3, 0.4) is 0 Å². The molecule has 0 aliphatic heterocycles. The van der Waals surface area contributed by atoms with Crippen LogP contribution in [0.5, 0.6) is 0 Å². The summed E-state index contributed by atoms with van der Waals surface area (Å²) in [5, 5.41) is 4.08. The Balaban J connectivity index is -0.0000000408. The number of rotatable bonds is 0. The van der Waals surface area contributed by atoms with Gasteiger partial charge in [-0.2, -0.15) is 11.3 Å². The first kappa shape index (κ1) is 38.5. The van der Waals surface area contributed by atoms with Gasteiger partial charge in [0.05, 0.1) is 12.5 Å². The molecule has 0 aliphatic rings. The Morgan fingerprint density at radius 1 is 0.542 bits per heavy atom. The van der Waals surface area contributed by atoms with Gasteiger partial charge in [0.25, 0.3) is 0 Å². The van der Waals surface area contributed by atoms with Crippen LogP contribution in [0.2, 0.25) is 0 Å². The van der Waals surface area contributed by atoms with Gasteiger partial charge in [0.15, 0.2) is 0 Å². The number of furan rings is 1. The Labute approximate surface area is 159 Å². The van der Waals surface area contributed by atoms with Gasteiger partial charge < -0.3 is 4.42 Å². The van der Waals surface area contributed by atoms with Crippen molar-refractivity contribution in [1.82, 2.24) is 0 Å². The average Bonchev–Trinajstić information content (AvgIpc) is 3.21. The van der Waals surface area contributed by atoms with Gasteiger partial charge in [-0.1, -0.05) is 108 Å². The van der Waals surface area contributed by atoms with E-state index in [1.165, 1.54) is 25.7 Å². The summed E-state index contributed by atoms with van der Waals surface area (Å²) in [4.78, 5) is 0. The molecule has 0 saturated carbocycles. The van der Waals surface area contributed by atoms with Crippen LogP contribution in [0.1, 0.15) is 95.9 Å². The summed E-state index contributed by atoms with van der Waals surface area (Å²) in [6.07, 6.45) is 8.25. The third kappa shape index (κ3) is 104. The highest BCUT2D eigenvalue weighted by molar-refractivity contribution is 7.07. The predicted octanol–water partition coefficient (Wildman–Crippen LogP) is 9.97. The molecule has 2 heterocycles. The third-order valence-electron chi connectivity index (χ3n) is 0.851. The number of hydrogen-bond acceptors (Lipinski definition) is 2. The van der Waals surface area contributed by atoms with Crippen molar-refractivity contribution in [3.05, 3.63) is 47.6 Å². The second-order valence-corrected chi connectivity index (χ2v) is 5.23. The lowest BCUT2D eigenvalue weighted by molar-refractivity contribution is 0.567. The van der Waals surface area contributed by atoms with Crippen molar-refractivity contribution in [3.8, 4) is 0 Å². The molecule has 0 bridgehead atoms. The first-order valence-corrected chi connectivity index (χ1v) is 9.54. The van der Waals surface area contributed by atoms with Gasteiger partial charge in [-0.15, -0.1) is 0 Å². The minimum absolute atomic E-state index is 0. The molecule has 0 aromatic carbocycles. The maximum Gasteiger partial charge on any atom is 0.0902 e. The Hall–Kier alpha value is -1.02. The second-order valence-electron chi connectivity index (χ2n) is 4.41. The van der Waals surface area contributed by atoms with Gasteiger partial charge in [-0.25, -0.2) is 0 Å². The summed E-state index contributed by atoms with van der Waals surface area (Å²) in [6, 6.07) is 7.70. The van der Waals surface area contributed by atoms with Crippen LogP contribution in [0, 0.1) is 0 Å². The molecule has 0 fully saturated rings. The smallest absolute Gasteiger partial charge is 0.0902 e. The van der Waals surface area contributed by atoms with Gasteiger partial charge in [-0.3, -0.25) is 0 Å². The molecule has 0 radical (unpaired) electrons. The van der Waals surface area contributed by atoms with Crippen molar-refractivity contribution in [2.24, 2.45) is 0 Å². The highest BCUT2D eigenvalue weighted by Crippen LogP contribution is 1.91. The van der Waals surface area contributed by atoms with Crippen LogP contribution in [0.25, 0.3) is 0 Å². The van der Waals surface area contributed by atoms with Crippen LogP contribution < -0.4 is 0 Å². The molecule has 0 unspecified atom stereocenters. The van der Waals surface area contributed by atoms with Crippen LogP contribution in [0.4, 0.5) is 0 Å². The van der Waals surface area contributed by atoms with Crippen molar-refractivity contribution >= 4 is 11.3 Å². The summed E-state index contributed by atoms with van der Waals surface area (Å²) in [7, 11) is 0. The molecule has 2 aromatic heterocycles. The number of thiophene rings is 1. The van der Waals surface area contributed by atoms with E-state index in [4.69, 9.17) is 0 Å². The average molecular weight is 361 g/mol. The molecule has 2 aromatic rings. The predicted molar refractivity (Wildman–Crippen MR) is 120 cm³/mol. The minimum atomic E-state index is 0. The molecule has 0 aliphatic carbocycles. The molecular weight excluding hydrogens is 312 g/mol. The van der Waals surface area contributed by atoms with E-state index in [-0.39, 0.29) is 14.9 Å². The fraction of sp³-hybridized carbons (Fsp3) is 0.636. The molecule has 1 nitrogen and oxygen atoms in total. The van der Waals surface area contributed by atoms with Crippen LogP contribution in [-0.4, -0.2) is 0 Å². The highest BCUT2D eigenvalue weighted by atomic mass is 32.1. The number of hydrogen-bond donors (Lipinski definition) is 0. The first-order valence-electron chi connectivity index (χ1n) is 8.60. The minimum Gasteiger partial charge on any atom is -0.473 e. The highest BCUT2D eigenvalue weighted by Gasteiger charge is 1.59. The normalized spacial score (nSPS) is 6.33. The third-order valence-corrected chi connectivity index (χ3v) is 1.48. The SMILES string of the molecule is C.C.CCC.CCC.CCC.CCC.c1ccoc1.c1ccsc1. The molecule has 0 saturated heterocycles. The lowest BCUT2D eigenvalue weighted by atomic mass is 10.6. The van der Waals surface area contributed by atoms with Gasteiger partial charge in [0, 0.05) is 0 Å². The van der Waals surface area contributed by atoms with E-state index in [0.29, 0.717) is 0 Å². The van der Waals surface area contributed by atoms with Gasteiger partial charge in [0.2, 0.25) is 0 Å². The monoisotopic (exact) mass is 360 g/mol. The molecular formula is C22H48OS. The molecule has 148 valence electrons. The van der Waals surface area contributed by atoms with Crippen molar-refractivity contribution in [3.63, 3.8) is 0 Å². The zero-order valence-corrected chi connectivity index (χ0v) is 17.1. The van der Waals surface area contributed by atoms with Crippen molar-refractivity contribution < 1.29 is 4.42 Å². The summed E-state index contributed by atoms with van der Waals surface area (Å²) >= 11 is 1.71. The Bertz CT molecular complexity index is 193. The van der Waals surface area contributed by atoms with E-state index in [1.807, 2.05) is 35.0 Å². The molecule has 2 heteroatoms. The largest absolute Gasteiger partial charge is 0.473 e. The van der Waals surface area contributed by atoms with Crippen molar-refractivity contribution in [2.45, 2.75) is 95.9 Å². The summed E-state index contributed by atoms with van der Waals surface area (Å²) < 4.78 is 4.58. The fourth-order valence-electron chi connectivity index (χ4n) is 0.454. The molecule has 0 amide bonds. The molecule has 0 N–H and O–H groups in total. The summed E-state index contributed by atoms with van der Waals surface area (Å²) in [5.41, 5.74) is 0. The van der Waals surface area contributed by atoms with Gasteiger partial charge >= 0.3 is 0 Å². The summed E-state index contributed by atoms with van der Waals surface area (Å²) in [5.74, 6) is 0. The Morgan fingerprint density at radius 3 is 0.875 bits per heavy atom. The van der Waals surface area contributed by atoms with Crippen molar-refractivity contribution in [2.75, 3.05) is 0 Å². The topological polar surface area (TPSA) is 13.1 Å². The fourth-order valence-corrected chi connectivity index (χ4v) is 0.907. The molecule has 0 spiro atoms. The molecule has 24 heavy (non-hydrogen) atoms. The lowest BCUT2D eigenvalue weighted by Crippen LogP contribution is -1.27. The first-order chi connectivity index (χ1) is 10.7. The maximum atomic E-state index is 4.58. The van der Waals surface area contributed by atoms with Crippen LogP contribution >= 0.6 is 11.3 Å². The molecule has 0 atom stereocenters. The second kappa shape index (κ2) is 57.4. The van der Waals surface area contributed by atoms with E-state index in [9.17, 15) is 0 Å². The van der Waals surface area contributed by atoms with Gasteiger partial charge in [0.1, 0.15) is 0 Å². The zero-order chi connectivity index (χ0) is 17.9. The van der Waals surface area contributed by atoms with E-state index < -0.39 is 0 Å². The quantitative estimate of drug-likeness (QED) is 0.455. The van der Waals surface area contributed by atoms with E-state index >= 15 is 0 Å². The maximum absolute atomic E-state index is 4.58. The Kier molecular flexibility index (Phi) is 92.1. The van der Waals surface area contributed by atoms with Crippen LogP contribution in [-0.2, 0) is 0 Å². The lowest BCUT2D eigenvalue weighted by Gasteiger charge is -1.50. The van der Waals surface area contributed by atoms with Crippen LogP contribution in [0.15, 0.2) is 52.0 Å². The van der Waals surface area contributed by atoms with Gasteiger partial charge in [-0.05, 0) is 22.9 Å². The molecule has 2 rings (SSSR count). The summed E-state index contributed by atoms with van der Waals surface area (Å²) in [6.45, 7) is 17.0. The van der Waals surface area contributed by atoms with Crippen molar-refractivity contribution in [1.29, 1.82) is 0 Å². The van der Waals surface area contributed by atoms with E-state index in [1.54, 1.807) is 23.9 Å². The Morgan fingerprint density at radius 2 is 0.792 bits per heavy atom. The van der Waals surface area contributed by atoms with E-state index in [2.05, 4.69) is 59.8 Å². The zero-order valence-electron chi connectivity index (χ0n) is 16.3. The van der Waals surface area contributed by atoms with E-state index in [0.717, 1.165) is 0 Å².